The fourth-order valence-electron chi connectivity index (χ4n) is 2.50. The van der Waals surface area contributed by atoms with Crippen LogP contribution in [0.5, 0.6) is 11.5 Å². The molecular weight excluding hydrogens is 348 g/mol. The molecule has 1 aliphatic heterocycles. The van der Waals surface area contributed by atoms with Gasteiger partial charge in [-0.2, -0.15) is 0 Å². The minimum absolute atomic E-state index is 0.0317. The maximum atomic E-state index is 13.2. The molecule has 0 aromatic heterocycles. The molecule has 1 aromatic carbocycles. The van der Waals surface area contributed by atoms with Crippen LogP contribution in [-0.2, 0) is 0 Å². The van der Waals surface area contributed by atoms with E-state index in [9.17, 15) is 8.78 Å². The second-order valence-corrected chi connectivity index (χ2v) is 7.12. The Morgan fingerprint density at radius 3 is 2.52 bits per heavy atom. The third-order valence-corrected chi connectivity index (χ3v) is 4.74. The number of benzene rings is 1. The molecule has 1 fully saturated rings. The zero-order valence-electron chi connectivity index (χ0n) is 14.2. The van der Waals surface area contributed by atoms with E-state index in [1.165, 1.54) is 25.0 Å². The zero-order chi connectivity index (χ0) is 18.2. The summed E-state index contributed by atoms with van der Waals surface area (Å²) in [7, 11) is 0. The van der Waals surface area contributed by atoms with Crippen molar-refractivity contribution in [2.45, 2.75) is 33.0 Å². The summed E-state index contributed by atoms with van der Waals surface area (Å²) in [5.41, 5.74) is 2.52. The molecule has 3 nitrogen and oxygen atoms in total. The van der Waals surface area contributed by atoms with Gasteiger partial charge in [-0.1, -0.05) is 37.3 Å². The molecule has 0 bridgehead atoms. The van der Waals surface area contributed by atoms with Crippen molar-refractivity contribution >= 4 is 17.2 Å². The fraction of sp³-hybridized carbons (Fsp3) is 0.368. The Morgan fingerprint density at radius 2 is 1.92 bits per heavy atom. The summed E-state index contributed by atoms with van der Waals surface area (Å²) in [4.78, 5) is 0. The van der Waals surface area contributed by atoms with Gasteiger partial charge in [-0.25, -0.2) is 0 Å². The van der Waals surface area contributed by atoms with Crippen LogP contribution >= 0.6 is 11.6 Å². The van der Waals surface area contributed by atoms with E-state index in [0.29, 0.717) is 16.0 Å². The van der Waals surface area contributed by atoms with Crippen LogP contribution in [0.3, 0.4) is 0 Å². The molecule has 1 heterocycles. The predicted molar refractivity (Wildman–Crippen MR) is 94.9 cm³/mol. The Balaban J connectivity index is 1.73. The van der Waals surface area contributed by atoms with Crippen molar-refractivity contribution in [3.05, 3.63) is 53.2 Å². The number of ether oxygens (including phenoxy) is 2. The van der Waals surface area contributed by atoms with E-state index in [4.69, 9.17) is 11.6 Å². The molecule has 1 saturated carbocycles. The van der Waals surface area contributed by atoms with Gasteiger partial charge in [0, 0.05) is 23.9 Å². The van der Waals surface area contributed by atoms with E-state index >= 15 is 0 Å². The van der Waals surface area contributed by atoms with Crippen molar-refractivity contribution in [2.24, 2.45) is 5.41 Å². The molecule has 6 heteroatoms. The lowest BCUT2D eigenvalue weighted by Crippen LogP contribution is -2.25. The number of fused-ring (bicyclic) bond motifs is 1. The molecule has 0 radical (unpaired) electrons. The molecule has 2 aliphatic rings. The lowest BCUT2D eigenvalue weighted by Gasteiger charge is -2.11. The molecule has 0 amide bonds. The number of rotatable bonds is 6. The van der Waals surface area contributed by atoms with Crippen LogP contribution in [0.1, 0.15) is 32.3 Å². The Bertz CT molecular complexity index is 767. The Morgan fingerprint density at radius 1 is 1.28 bits per heavy atom. The molecular formula is C19H20ClF2NO2. The molecule has 1 aromatic rings. The van der Waals surface area contributed by atoms with Crippen molar-refractivity contribution in [3.8, 4) is 11.5 Å². The van der Waals surface area contributed by atoms with Gasteiger partial charge in [0.25, 0.3) is 0 Å². The van der Waals surface area contributed by atoms with E-state index in [2.05, 4.69) is 28.3 Å². The van der Waals surface area contributed by atoms with Gasteiger partial charge in [-0.05, 0) is 42.9 Å². The van der Waals surface area contributed by atoms with Gasteiger partial charge >= 0.3 is 6.29 Å². The van der Waals surface area contributed by atoms with Crippen LogP contribution in [0.2, 0.25) is 5.02 Å². The predicted octanol–water partition coefficient (Wildman–Crippen LogP) is 5.52. The largest absolute Gasteiger partial charge is 0.586 e. The molecule has 25 heavy (non-hydrogen) atoms. The summed E-state index contributed by atoms with van der Waals surface area (Å²) >= 11 is 6.23. The molecule has 134 valence electrons. The van der Waals surface area contributed by atoms with Crippen molar-refractivity contribution < 1.29 is 18.3 Å². The Labute approximate surface area is 151 Å². The Hall–Kier alpha value is -2.01. The quantitative estimate of drug-likeness (QED) is 0.671. The SMILES string of the molecule is C=C(/C=C\C(=C/C)c1cc2c(cc1Cl)OC(F)(F)O2)NCC1(C)CC1. The van der Waals surface area contributed by atoms with Gasteiger partial charge in [0.2, 0.25) is 0 Å². The fourth-order valence-corrected chi connectivity index (χ4v) is 2.76. The second-order valence-electron chi connectivity index (χ2n) is 6.71. The van der Waals surface area contributed by atoms with Crippen LogP contribution in [0.15, 0.2) is 42.6 Å². The first kappa shape index (κ1) is 17.8. The van der Waals surface area contributed by atoms with E-state index in [-0.39, 0.29) is 11.5 Å². The Kier molecular flexibility index (Phi) is 4.54. The normalized spacial score (nSPS) is 20.0. The van der Waals surface area contributed by atoms with Crippen LogP contribution < -0.4 is 14.8 Å². The van der Waals surface area contributed by atoms with Crippen molar-refractivity contribution in [1.82, 2.24) is 5.32 Å². The van der Waals surface area contributed by atoms with Crippen molar-refractivity contribution in [2.75, 3.05) is 6.54 Å². The lowest BCUT2D eigenvalue weighted by molar-refractivity contribution is -0.286. The van der Waals surface area contributed by atoms with Gasteiger partial charge in [-0.15, -0.1) is 8.78 Å². The van der Waals surface area contributed by atoms with Gasteiger partial charge in [0.1, 0.15) is 0 Å². The second kappa shape index (κ2) is 6.37. The van der Waals surface area contributed by atoms with Gasteiger partial charge in [0.05, 0.1) is 5.02 Å². The van der Waals surface area contributed by atoms with Crippen LogP contribution in [0.25, 0.3) is 5.57 Å². The standard InChI is InChI=1S/C19H20ClF2NO2/c1-4-13(6-5-12(2)23-11-18(3)7-8-18)14-9-16-17(10-15(14)20)25-19(21,22)24-16/h4-6,9-10,23H,2,7-8,11H2,1,3H3/b6-5-,13-4+. The summed E-state index contributed by atoms with van der Waals surface area (Å²) in [5.74, 6) is -0.0994. The molecule has 1 N–H and O–H groups in total. The highest BCUT2D eigenvalue weighted by Gasteiger charge is 2.43. The highest BCUT2D eigenvalue weighted by molar-refractivity contribution is 6.32. The third-order valence-electron chi connectivity index (χ3n) is 4.42. The first-order valence-electron chi connectivity index (χ1n) is 8.08. The van der Waals surface area contributed by atoms with Crippen LogP contribution in [0.4, 0.5) is 8.78 Å². The molecule has 1 aliphatic carbocycles. The van der Waals surface area contributed by atoms with Crippen molar-refractivity contribution in [3.63, 3.8) is 0 Å². The number of hydrogen-bond donors (Lipinski definition) is 1. The number of halogens is 3. The number of hydrogen-bond acceptors (Lipinski definition) is 3. The lowest BCUT2D eigenvalue weighted by atomic mass is 10.0. The maximum Gasteiger partial charge on any atom is 0.586 e. The number of nitrogens with one attached hydrogen (secondary N) is 1. The van der Waals surface area contributed by atoms with Crippen LogP contribution in [0, 0.1) is 5.41 Å². The minimum Gasteiger partial charge on any atom is -0.395 e. The summed E-state index contributed by atoms with van der Waals surface area (Å²) < 4.78 is 35.3. The molecule has 0 unspecified atom stereocenters. The van der Waals surface area contributed by atoms with Gasteiger partial charge in [-0.3, -0.25) is 0 Å². The summed E-state index contributed by atoms with van der Waals surface area (Å²) in [6.45, 7) is 8.95. The molecule has 0 atom stereocenters. The minimum atomic E-state index is -3.66. The van der Waals surface area contributed by atoms with E-state index in [1.807, 2.05) is 25.2 Å². The summed E-state index contributed by atoms with van der Waals surface area (Å²) in [6.07, 6.45) is 4.33. The highest BCUT2D eigenvalue weighted by atomic mass is 35.5. The average molecular weight is 368 g/mol. The van der Waals surface area contributed by atoms with E-state index < -0.39 is 6.29 Å². The molecule has 0 spiro atoms. The smallest absolute Gasteiger partial charge is 0.395 e. The van der Waals surface area contributed by atoms with Crippen molar-refractivity contribution in [1.29, 1.82) is 0 Å². The summed E-state index contributed by atoms with van der Waals surface area (Å²) in [6, 6.07) is 2.80. The molecule has 3 rings (SSSR count). The third kappa shape index (κ3) is 4.15. The summed E-state index contributed by atoms with van der Waals surface area (Å²) in [5, 5.41) is 3.60. The number of alkyl halides is 2. The topological polar surface area (TPSA) is 30.5 Å². The van der Waals surface area contributed by atoms with Crippen LogP contribution in [-0.4, -0.2) is 12.8 Å². The van der Waals surface area contributed by atoms with E-state index in [1.54, 1.807) is 0 Å². The number of allylic oxidation sites excluding steroid dienone is 4. The monoisotopic (exact) mass is 367 g/mol. The zero-order valence-corrected chi connectivity index (χ0v) is 14.9. The molecule has 0 saturated heterocycles. The maximum absolute atomic E-state index is 13.2. The van der Waals surface area contributed by atoms with E-state index in [0.717, 1.165) is 17.8 Å². The first-order valence-corrected chi connectivity index (χ1v) is 8.46. The average Bonchev–Trinajstić information content (AvgIpc) is 3.19. The highest BCUT2D eigenvalue weighted by Crippen LogP contribution is 2.45. The van der Waals surface area contributed by atoms with Gasteiger partial charge < -0.3 is 14.8 Å². The van der Waals surface area contributed by atoms with Gasteiger partial charge in [0.15, 0.2) is 11.5 Å². The first-order chi connectivity index (χ1) is 11.7.